The number of hydrogen-bond donors (Lipinski definition) is 1. The second-order valence-electron chi connectivity index (χ2n) is 7.30. The summed E-state index contributed by atoms with van der Waals surface area (Å²) >= 11 is 1.77. The number of aromatic nitrogens is 1. The van der Waals surface area contributed by atoms with Crippen molar-refractivity contribution in [2.24, 2.45) is 5.41 Å². The monoisotopic (exact) mass is 346 g/mol. The van der Waals surface area contributed by atoms with Gasteiger partial charge in [0, 0.05) is 44.7 Å². The largest absolute Gasteiger partial charge is 0.354 e. The number of carbonyl (C=O) groups is 1. The molecule has 1 aliphatic heterocycles. The summed E-state index contributed by atoms with van der Waals surface area (Å²) in [6, 6.07) is 8.30. The lowest BCUT2D eigenvalue weighted by molar-refractivity contribution is -0.128. The molecule has 0 saturated carbocycles. The van der Waals surface area contributed by atoms with Gasteiger partial charge in [0.2, 0.25) is 5.91 Å². The van der Waals surface area contributed by atoms with E-state index in [4.69, 9.17) is 4.98 Å². The summed E-state index contributed by atoms with van der Waals surface area (Å²) in [7, 11) is 0. The Morgan fingerprint density at radius 2 is 1.92 bits per heavy atom. The molecule has 1 amide bonds. The highest BCUT2D eigenvalue weighted by Crippen LogP contribution is 2.29. The molecule has 1 saturated heterocycles. The van der Waals surface area contributed by atoms with Crippen LogP contribution in [0.5, 0.6) is 0 Å². The van der Waals surface area contributed by atoms with E-state index in [0.29, 0.717) is 0 Å². The average Bonchev–Trinajstić information content (AvgIpc) is 2.98. The first-order valence-electron chi connectivity index (χ1n) is 8.55. The number of nitrogens with one attached hydrogen (secondary N) is 1. The van der Waals surface area contributed by atoms with Crippen molar-refractivity contribution < 1.29 is 4.79 Å². The number of thiazole rings is 1. The van der Waals surface area contributed by atoms with Gasteiger partial charge in [0.25, 0.3) is 0 Å². The maximum atomic E-state index is 11.9. The van der Waals surface area contributed by atoms with Crippen LogP contribution in [0, 0.1) is 5.41 Å². The van der Waals surface area contributed by atoms with Gasteiger partial charge in [-0.1, -0.05) is 44.2 Å². The first-order valence-corrected chi connectivity index (χ1v) is 9.36. The Hall–Kier alpha value is -1.66. The Morgan fingerprint density at radius 3 is 2.58 bits per heavy atom. The van der Waals surface area contributed by atoms with Crippen molar-refractivity contribution in [3.63, 3.8) is 0 Å². The fourth-order valence-electron chi connectivity index (χ4n) is 2.75. The van der Waals surface area contributed by atoms with Crippen LogP contribution >= 0.6 is 11.3 Å². The third-order valence-electron chi connectivity index (χ3n) is 4.32. The number of carbonyl (C=O) groups excluding carboxylic acids is 1. The van der Waals surface area contributed by atoms with Crippen molar-refractivity contribution in [1.82, 2.24) is 15.2 Å². The summed E-state index contributed by atoms with van der Waals surface area (Å²) in [4.78, 5) is 21.4. The molecule has 0 unspecified atom stereocenters. The van der Waals surface area contributed by atoms with Gasteiger partial charge in [0.15, 0.2) is 5.13 Å². The van der Waals surface area contributed by atoms with Crippen LogP contribution < -0.4 is 10.2 Å². The van der Waals surface area contributed by atoms with E-state index in [1.807, 2.05) is 26.8 Å². The Morgan fingerprint density at radius 1 is 1.21 bits per heavy atom. The van der Waals surface area contributed by atoms with Crippen molar-refractivity contribution in [3.8, 4) is 0 Å². The zero-order valence-corrected chi connectivity index (χ0v) is 15.5. The molecule has 1 aliphatic rings. The SMILES string of the molecule is CC(C)(C)C(=O)NCCN1CCN(c2nc3ccccc3s2)CC1. The minimum atomic E-state index is -0.314. The number of benzene rings is 1. The molecule has 1 aromatic heterocycles. The van der Waals surface area contributed by atoms with E-state index >= 15 is 0 Å². The van der Waals surface area contributed by atoms with Gasteiger partial charge in [-0.2, -0.15) is 0 Å². The molecular formula is C18H26N4OS. The molecule has 2 heterocycles. The molecule has 0 atom stereocenters. The smallest absolute Gasteiger partial charge is 0.225 e. The van der Waals surface area contributed by atoms with E-state index < -0.39 is 0 Å². The highest BCUT2D eigenvalue weighted by molar-refractivity contribution is 7.22. The maximum absolute atomic E-state index is 11.9. The molecular weight excluding hydrogens is 320 g/mol. The van der Waals surface area contributed by atoms with Crippen LogP contribution in [-0.4, -0.2) is 55.1 Å². The Labute approximate surface area is 147 Å². The molecule has 2 aromatic rings. The zero-order chi connectivity index (χ0) is 17.2. The predicted molar refractivity (Wildman–Crippen MR) is 101 cm³/mol. The first kappa shape index (κ1) is 17.2. The lowest BCUT2D eigenvalue weighted by Crippen LogP contribution is -2.49. The second kappa shape index (κ2) is 7.07. The standard InChI is InChI=1S/C18H26N4OS/c1-18(2,3)16(23)19-8-9-21-10-12-22(13-11-21)17-20-14-6-4-5-7-15(14)24-17/h4-7H,8-13H2,1-3H3,(H,19,23). The van der Waals surface area contributed by atoms with E-state index in [1.165, 1.54) is 4.70 Å². The Bertz CT molecular complexity index is 665. The van der Waals surface area contributed by atoms with Crippen LogP contribution in [0.1, 0.15) is 20.8 Å². The van der Waals surface area contributed by atoms with Gasteiger partial charge in [-0.05, 0) is 12.1 Å². The van der Waals surface area contributed by atoms with Crippen molar-refractivity contribution in [3.05, 3.63) is 24.3 Å². The molecule has 1 aromatic carbocycles. The molecule has 1 N–H and O–H groups in total. The maximum Gasteiger partial charge on any atom is 0.225 e. The summed E-state index contributed by atoms with van der Waals surface area (Å²) in [6.07, 6.45) is 0. The zero-order valence-electron chi connectivity index (χ0n) is 14.7. The number of piperazine rings is 1. The van der Waals surface area contributed by atoms with Crippen LogP contribution in [0.3, 0.4) is 0 Å². The number of anilines is 1. The van der Waals surface area contributed by atoms with E-state index in [2.05, 4.69) is 33.3 Å². The van der Waals surface area contributed by atoms with E-state index in [-0.39, 0.29) is 11.3 Å². The van der Waals surface area contributed by atoms with Crippen LogP contribution in [0.15, 0.2) is 24.3 Å². The normalized spacial score (nSPS) is 16.5. The van der Waals surface area contributed by atoms with E-state index in [0.717, 1.165) is 49.9 Å². The van der Waals surface area contributed by atoms with Crippen LogP contribution in [0.2, 0.25) is 0 Å². The van der Waals surface area contributed by atoms with Crippen molar-refractivity contribution in [2.75, 3.05) is 44.2 Å². The van der Waals surface area contributed by atoms with Gasteiger partial charge >= 0.3 is 0 Å². The highest BCUT2D eigenvalue weighted by atomic mass is 32.1. The number of amides is 1. The Kier molecular flexibility index (Phi) is 5.06. The molecule has 0 radical (unpaired) electrons. The van der Waals surface area contributed by atoms with Crippen LogP contribution in [-0.2, 0) is 4.79 Å². The molecule has 24 heavy (non-hydrogen) atoms. The quantitative estimate of drug-likeness (QED) is 0.924. The van der Waals surface area contributed by atoms with Crippen molar-refractivity contribution in [1.29, 1.82) is 0 Å². The molecule has 0 spiro atoms. The van der Waals surface area contributed by atoms with Gasteiger partial charge < -0.3 is 10.2 Å². The molecule has 130 valence electrons. The minimum Gasteiger partial charge on any atom is -0.354 e. The number of rotatable bonds is 4. The molecule has 3 rings (SSSR count). The third kappa shape index (κ3) is 4.05. The van der Waals surface area contributed by atoms with E-state index in [9.17, 15) is 4.79 Å². The van der Waals surface area contributed by atoms with E-state index in [1.54, 1.807) is 11.3 Å². The number of nitrogens with zero attached hydrogens (tertiary/aromatic N) is 3. The topological polar surface area (TPSA) is 48.5 Å². The van der Waals surface area contributed by atoms with Gasteiger partial charge in [-0.15, -0.1) is 0 Å². The summed E-state index contributed by atoms with van der Waals surface area (Å²) in [5, 5.41) is 4.15. The van der Waals surface area contributed by atoms with Crippen molar-refractivity contribution >= 4 is 32.6 Å². The number of para-hydroxylation sites is 1. The molecule has 0 aliphatic carbocycles. The lowest BCUT2D eigenvalue weighted by atomic mass is 9.96. The number of hydrogen-bond acceptors (Lipinski definition) is 5. The van der Waals surface area contributed by atoms with Crippen LogP contribution in [0.25, 0.3) is 10.2 Å². The minimum absolute atomic E-state index is 0.121. The predicted octanol–water partition coefficient (Wildman–Crippen LogP) is 2.58. The van der Waals surface area contributed by atoms with Gasteiger partial charge in [-0.3, -0.25) is 9.69 Å². The van der Waals surface area contributed by atoms with Gasteiger partial charge in [0.05, 0.1) is 10.2 Å². The highest BCUT2D eigenvalue weighted by Gasteiger charge is 2.22. The molecule has 0 bridgehead atoms. The molecule has 1 fully saturated rings. The fourth-order valence-corrected chi connectivity index (χ4v) is 3.77. The second-order valence-corrected chi connectivity index (χ2v) is 8.31. The summed E-state index contributed by atoms with van der Waals surface area (Å²) in [5.41, 5.74) is 0.774. The third-order valence-corrected chi connectivity index (χ3v) is 5.42. The van der Waals surface area contributed by atoms with Gasteiger partial charge in [-0.25, -0.2) is 4.98 Å². The van der Waals surface area contributed by atoms with Crippen molar-refractivity contribution in [2.45, 2.75) is 20.8 Å². The summed E-state index contributed by atoms with van der Waals surface area (Å²) in [5.74, 6) is 0.121. The van der Waals surface area contributed by atoms with Crippen LogP contribution in [0.4, 0.5) is 5.13 Å². The Balaban J connectivity index is 1.46. The fraction of sp³-hybridized carbons (Fsp3) is 0.556. The summed E-state index contributed by atoms with van der Waals surface area (Å²) in [6.45, 7) is 11.5. The molecule has 6 heteroatoms. The first-order chi connectivity index (χ1) is 11.4. The summed E-state index contributed by atoms with van der Waals surface area (Å²) < 4.78 is 1.25. The number of fused-ring (bicyclic) bond motifs is 1. The molecule has 5 nitrogen and oxygen atoms in total. The lowest BCUT2D eigenvalue weighted by Gasteiger charge is -2.34. The average molecular weight is 347 g/mol. The van der Waals surface area contributed by atoms with Gasteiger partial charge in [0.1, 0.15) is 0 Å².